The Hall–Kier alpha value is -8.67. The van der Waals surface area contributed by atoms with Crippen molar-refractivity contribution in [3.63, 3.8) is 0 Å². The van der Waals surface area contributed by atoms with E-state index in [9.17, 15) is 38.4 Å². The predicted molar refractivity (Wildman–Crippen MR) is 288 cm³/mol. The minimum atomic E-state index is -0.903. The van der Waals surface area contributed by atoms with Crippen LogP contribution in [0.2, 0.25) is 0 Å². The Bertz CT molecular complexity index is 3300. The van der Waals surface area contributed by atoms with E-state index in [1.165, 1.54) is 12.7 Å². The second kappa shape index (κ2) is 22.5. The SMILES string of the molecule is COc1cc2c(cc1OCc1cc(COc3cc4c(cc3C)C(=O)N3c5ccccc5C[C@H]3CC4)cc(NC(=O)[C@H](C)CC(=O)[C@H](C)NC(=O)CCCCC(=O)ON3C(=O)CCC3=O)c1)N=C[C@@H]1Cc3ccccc3N1C2=O. The van der Waals surface area contributed by atoms with Crippen molar-refractivity contribution >= 4 is 76.2 Å². The van der Waals surface area contributed by atoms with Gasteiger partial charge >= 0.3 is 5.97 Å². The third-order valence-electron chi connectivity index (χ3n) is 15.0. The molecule has 5 aromatic carbocycles. The lowest BCUT2D eigenvalue weighted by molar-refractivity contribution is -0.197. The molecule has 18 heteroatoms. The molecule has 2 N–H and O–H groups in total. The normalized spacial score (nSPS) is 17.6. The first-order valence-corrected chi connectivity index (χ1v) is 26.4. The molecule has 18 nitrogen and oxygen atoms in total. The number of hydrogen-bond donors (Lipinski definition) is 2. The Morgan fingerprint density at radius 3 is 2.08 bits per heavy atom. The van der Waals surface area contributed by atoms with E-state index in [-0.39, 0.29) is 87.8 Å². The first kappa shape index (κ1) is 52.8. The topological polar surface area (TPSA) is 220 Å². The summed E-state index contributed by atoms with van der Waals surface area (Å²) in [4.78, 5) is 117. The Labute approximate surface area is 451 Å². The molecule has 5 aromatic rings. The number of Topliss-reactive ketones (excluding diaryl/α,β-unsaturated/α-hetero) is 1. The summed E-state index contributed by atoms with van der Waals surface area (Å²) >= 11 is 0. The van der Waals surface area contributed by atoms with Gasteiger partial charge in [-0.25, -0.2) is 4.79 Å². The molecule has 1 fully saturated rings. The molecule has 10 rings (SSSR count). The molecule has 5 heterocycles. The van der Waals surface area contributed by atoms with Crippen molar-refractivity contribution in [3.8, 4) is 17.2 Å². The molecule has 0 bridgehead atoms. The zero-order valence-corrected chi connectivity index (χ0v) is 43.9. The van der Waals surface area contributed by atoms with Crippen molar-refractivity contribution < 1.29 is 57.4 Å². The Morgan fingerprint density at radius 1 is 0.705 bits per heavy atom. The minimum absolute atomic E-state index is 0.00236. The fourth-order valence-corrected chi connectivity index (χ4v) is 10.8. The number of aliphatic imine (C=N–C) groups is 1. The summed E-state index contributed by atoms with van der Waals surface area (Å²) in [5.41, 5.74) is 8.99. The van der Waals surface area contributed by atoms with Gasteiger partial charge in [0.25, 0.3) is 23.6 Å². The number of para-hydroxylation sites is 2. The van der Waals surface area contributed by atoms with Crippen LogP contribution in [0, 0.1) is 12.8 Å². The van der Waals surface area contributed by atoms with Gasteiger partial charge in [0.1, 0.15) is 19.0 Å². The van der Waals surface area contributed by atoms with Crippen molar-refractivity contribution in [1.82, 2.24) is 10.4 Å². The molecule has 0 radical (unpaired) electrons. The summed E-state index contributed by atoms with van der Waals surface area (Å²) in [5.74, 6) is -2.85. The molecule has 402 valence electrons. The standard InChI is InChI=1S/C60H60N6O12/c1-34-21-45-39(17-18-43-26-40-11-5-7-13-48(40)64(43)59(45)73)28-51(34)76-32-37-23-38(33-77-53-30-47-46(29-52(53)75-4)60(74)65-44(31-61-47)27-41-12-6-8-14-49(41)65)25-42(24-37)63-58(72)35(2)22-50(67)36(3)62-54(68)15-9-10-16-57(71)78-66-55(69)19-20-56(66)70/h5-8,11-14,21,23-25,28-31,35-36,43-44H,9-10,15-20,22,26-27,32-33H2,1-4H3,(H,62,68)(H,63,72)/t35-,36+,43-,44+/m1/s1. The highest BCUT2D eigenvalue weighted by Gasteiger charge is 2.39. The van der Waals surface area contributed by atoms with Crippen LogP contribution < -0.4 is 34.6 Å². The molecule has 0 aliphatic carbocycles. The summed E-state index contributed by atoms with van der Waals surface area (Å²) < 4.78 is 18.7. The van der Waals surface area contributed by atoms with Crippen LogP contribution in [0.1, 0.15) is 119 Å². The second-order valence-corrected chi connectivity index (χ2v) is 20.6. The number of hydrogen-bond acceptors (Lipinski definition) is 13. The molecule has 0 saturated carbocycles. The summed E-state index contributed by atoms with van der Waals surface area (Å²) in [5, 5.41) is 6.12. The number of fused-ring (bicyclic) bond motifs is 8. The van der Waals surface area contributed by atoms with Crippen molar-refractivity contribution in [2.24, 2.45) is 10.9 Å². The second-order valence-electron chi connectivity index (χ2n) is 20.6. The van der Waals surface area contributed by atoms with Crippen LogP contribution >= 0.6 is 0 Å². The van der Waals surface area contributed by atoms with E-state index in [1.54, 1.807) is 49.2 Å². The lowest BCUT2D eigenvalue weighted by Gasteiger charge is -2.23. The van der Waals surface area contributed by atoms with Crippen LogP contribution in [0.5, 0.6) is 17.2 Å². The Morgan fingerprint density at radius 2 is 1.36 bits per heavy atom. The largest absolute Gasteiger partial charge is 0.493 e. The zero-order chi connectivity index (χ0) is 54.8. The molecule has 5 aliphatic heterocycles. The van der Waals surface area contributed by atoms with E-state index >= 15 is 0 Å². The number of benzene rings is 5. The van der Waals surface area contributed by atoms with Crippen LogP contribution in [-0.4, -0.2) is 83.7 Å². The van der Waals surface area contributed by atoms with Crippen molar-refractivity contribution in [2.75, 3.05) is 22.2 Å². The molecule has 6 amide bonds. The van der Waals surface area contributed by atoms with Gasteiger partial charge in [-0.2, -0.15) is 0 Å². The number of amides is 6. The smallest absolute Gasteiger partial charge is 0.333 e. The first-order chi connectivity index (χ1) is 37.6. The monoisotopic (exact) mass is 1060 g/mol. The number of ketones is 1. The summed E-state index contributed by atoms with van der Waals surface area (Å²) in [6.45, 7) is 5.16. The summed E-state index contributed by atoms with van der Waals surface area (Å²) in [7, 11) is 1.50. The number of aryl methyl sites for hydroxylation is 2. The first-order valence-electron chi connectivity index (χ1n) is 26.4. The number of imide groups is 1. The number of hydroxylamine groups is 2. The molecule has 5 aliphatic rings. The molecular formula is C60H60N6O12. The number of ether oxygens (including phenoxy) is 3. The number of methoxy groups -OCH3 is 1. The number of nitrogens with one attached hydrogen (secondary N) is 2. The van der Waals surface area contributed by atoms with Gasteiger partial charge in [0, 0.05) is 85.4 Å². The predicted octanol–water partition coefficient (Wildman–Crippen LogP) is 8.17. The Balaban J connectivity index is 0.816. The van der Waals surface area contributed by atoms with Gasteiger partial charge in [0.15, 0.2) is 17.3 Å². The van der Waals surface area contributed by atoms with E-state index in [0.717, 1.165) is 40.9 Å². The summed E-state index contributed by atoms with van der Waals surface area (Å²) in [6, 6.07) is 27.5. The number of rotatable bonds is 19. The highest BCUT2D eigenvalue weighted by Crippen LogP contribution is 2.42. The third-order valence-corrected chi connectivity index (χ3v) is 15.0. The molecular weight excluding hydrogens is 997 g/mol. The fraction of sp³-hybridized carbons (Fsp3) is 0.350. The van der Waals surface area contributed by atoms with Gasteiger partial charge in [0.2, 0.25) is 11.8 Å². The van der Waals surface area contributed by atoms with Gasteiger partial charge in [-0.3, -0.25) is 43.5 Å². The fourth-order valence-electron chi connectivity index (χ4n) is 10.8. The average molecular weight is 1060 g/mol. The van der Waals surface area contributed by atoms with Crippen molar-refractivity contribution in [1.29, 1.82) is 0 Å². The van der Waals surface area contributed by atoms with E-state index < -0.39 is 41.6 Å². The zero-order valence-electron chi connectivity index (χ0n) is 43.9. The van der Waals surface area contributed by atoms with Crippen LogP contribution in [0.25, 0.3) is 0 Å². The maximum atomic E-state index is 14.1. The molecule has 0 aromatic heterocycles. The van der Waals surface area contributed by atoms with Crippen LogP contribution in [0.4, 0.5) is 22.7 Å². The van der Waals surface area contributed by atoms with Gasteiger partial charge in [-0.05, 0) is 128 Å². The van der Waals surface area contributed by atoms with E-state index in [2.05, 4.69) is 16.7 Å². The average Bonchev–Trinajstić information content (AvgIpc) is 4.10. The molecule has 4 atom stereocenters. The Kier molecular flexibility index (Phi) is 15.2. The highest BCUT2D eigenvalue weighted by atomic mass is 16.7. The lowest BCUT2D eigenvalue weighted by atomic mass is 9.98. The van der Waals surface area contributed by atoms with Crippen molar-refractivity contribution in [3.05, 3.63) is 136 Å². The van der Waals surface area contributed by atoms with E-state index in [4.69, 9.17) is 24.0 Å². The van der Waals surface area contributed by atoms with Gasteiger partial charge in [0.05, 0.1) is 30.4 Å². The molecule has 0 spiro atoms. The van der Waals surface area contributed by atoms with Gasteiger partial charge in [-0.15, -0.1) is 5.06 Å². The quantitative estimate of drug-likeness (QED) is 0.0591. The third kappa shape index (κ3) is 11.1. The summed E-state index contributed by atoms with van der Waals surface area (Å²) in [6.07, 6.45) is 5.00. The minimum Gasteiger partial charge on any atom is -0.493 e. The van der Waals surface area contributed by atoms with Gasteiger partial charge in [-0.1, -0.05) is 43.3 Å². The molecule has 0 unspecified atom stereocenters. The maximum absolute atomic E-state index is 14.1. The highest BCUT2D eigenvalue weighted by molar-refractivity contribution is 6.15. The van der Waals surface area contributed by atoms with Crippen LogP contribution in [0.15, 0.2) is 96.0 Å². The number of carbonyl (C=O) groups is 8. The number of nitrogens with zero attached hydrogens (tertiary/aromatic N) is 4. The van der Waals surface area contributed by atoms with E-state index in [0.29, 0.717) is 68.8 Å². The molecule has 1 saturated heterocycles. The lowest BCUT2D eigenvalue weighted by Crippen LogP contribution is -2.39. The van der Waals surface area contributed by atoms with Gasteiger partial charge < -0.3 is 34.6 Å². The maximum Gasteiger partial charge on any atom is 0.333 e. The van der Waals surface area contributed by atoms with Crippen LogP contribution in [0.3, 0.4) is 0 Å². The number of anilines is 3. The number of unbranched alkanes of at least 4 members (excludes halogenated alkanes) is 1. The number of carbonyl (C=O) groups excluding carboxylic acids is 8. The molecule has 78 heavy (non-hydrogen) atoms. The van der Waals surface area contributed by atoms with Crippen molar-refractivity contribution in [2.45, 2.75) is 123 Å². The van der Waals surface area contributed by atoms with Crippen LogP contribution in [-0.2, 0) is 66.1 Å². The van der Waals surface area contributed by atoms with E-state index in [1.807, 2.05) is 72.5 Å².